The first-order valence-corrected chi connectivity index (χ1v) is 8.78. The molecule has 1 saturated heterocycles. The van der Waals surface area contributed by atoms with E-state index in [0.717, 1.165) is 44.8 Å². The zero-order valence-electron chi connectivity index (χ0n) is 13.5. The van der Waals surface area contributed by atoms with E-state index in [1.165, 1.54) is 19.0 Å². The van der Waals surface area contributed by atoms with Gasteiger partial charge in [-0.05, 0) is 19.8 Å². The highest BCUT2D eigenvalue weighted by atomic mass is 35.5. The lowest BCUT2D eigenvalue weighted by atomic mass is 10.2. The molecule has 1 N–H and O–H groups in total. The molecule has 1 saturated carbocycles. The van der Waals surface area contributed by atoms with Gasteiger partial charge in [0, 0.05) is 32.2 Å². The summed E-state index contributed by atoms with van der Waals surface area (Å²) in [6, 6.07) is 0.302. The van der Waals surface area contributed by atoms with Crippen molar-refractivity contribution in [2.45, 2.75) is 44.7 Å². The van der Waals surface area contributed by atoms with Crippen LogP contribution in [0.15, 0.2) is 12.4 Å². The van der Waals surface area contributed by atoms with Gasteiger partial charge in [0.1, 0.15) is 11.0 Å². The molecule has 6 nitrogen and oxygen atoms in total. The number of piperazine rings is 1. The SMILES string of the molecule is C[C@@H](C(=O)NC1CCCC1)N1CCN(c2cncc(Cl)n2)CC1. The second-order valence-corrected chi connectivity index (χ2v) is 6.78. The molecule has 1 aliphatic carbocycles. The summed E-state index contributed by atoms with van der Waals surface area (Å²) in [4.78, 5) is 25.2. The number of amides is 1. The maximum absolute atomic E-state index is 12.4. The van der Waals surface area contributed by atoms with Crippen molar-refractivity contribution in [3.63, 3.8) is 0 Å². The highest BCUT2D eigenvalue weighted by Crippen LogP contribution is 2.19. The average molecular weight is 338 g/mol. The van der Waals surface area contributed by atoms with E-state index in [2.05, 4.69) is 25.1 Å². The molecule has 0 aromatic carbocycles. The zero-order valence-corrected chi connectivity index (χ0v) is 14.3. The molecule has 2 fully saturated rings. The zero-order chi connectivity index (χ0) is 16.2. The van der Waals surface area contributed by atoms with Crippen molar-refractivity contribution in [3.8, 4) is 0 Å². The van der Waals surface area contributed by atoms with Gasteiger partial charge < -0.3 is 10.2 Å². The summed E-state index contributed by atoms with van der Waals surface area (Å²) in [5.74, 6) is 0.966. The third-order valence-electron chi connectivity index (χ3n) is 4.86. The Morgan fingerprint density at radius 1 is 1.26 bits per heavy atom. The van der Waals surface area contributed by atoms with Crippen LogP contribution in [-0.4, -0.2) is 59.0 Å². The summed E-state index contributed by atoms with van der Waals surface area (Å²) in [7, 11) is 0. The summed E-state index contributed by atoms with van der Waals surface area (Å²) in [5, 5.41) is 3.60. The van der Waals surface area contributed by atoms with Gasteiger partial charge >= 0.3 is 0 Å². The Hall–Kier alpha value is -1.40. The van der Waals surface area contributed by atoms with E-state index < -0.39 is 0 Å². The van der Waals surface area contributed by atoms with E-state index in [1.807, 2.05) is 6.92 Å². The van der Waals surface area contributed by atoms with E-state index in [1.54, 1.807) is 6.20 Å². The van der Waals surface area contributed by atoms with E-state index >= 15 is 0 Å². The number of halogens is 1. The molecule has 23 heavy (non-hydrogen) atoms. The van der Waals surface area contributed by atoms with E-state index in [0.29, 0.717) is 11.2 Å². The van der Waals surface area contributed by atoms with Gasteiger partial charge in [-0.3, -0.25) is 14.7 Å². The Labute approximate surface area is 142 Å². The van der Waals surface area contributed by atoms with Gasteiger partial charge in [-0.2, -0.15) is 0 Å². The Balaban J connectivity index is 1.50. The smallest absolute Gasteiger partial charge is 0.237 e. The first kappa shape index (κ1) is 16.5. The number of nitrogens with zero attached hydrogens (tertiary/aromatic N) is 4. The Morgan fingerprint density at radius 2 is 1.96 bits per heavy atom. The minimum atomic E-state index is -0.0804. The summed E-state index contributed by atoms with van der Waals surface area (Å²) in [6.07, 6.45) is 7.99. The Morgan fingerprint density at radius 3 is 2.61 bits per heavy atom. The number of hydrogen-bond donors (Lipinski definition) is 1. The predicted molar refractivity (Wildman–Crippen MR) is 90.7 cm³/mol. The molecule has 1 aromatic heterocycles. The molecule has 3 rings (SSSR count). The third kappa shape index (κ3) is 4.12. The van der Waals surface area contributed by atoms with Crippen molar-refractivity contribution >= 4 is 23.3 Å². The minimum Gasteiger partial charge on any atom is -0.353 e. The number of carbonyl (C=O) groups is 1. The fourth-order valence-electron chi connectivity index (χ4n) is 3.38. The topological polar surface area (TPSA) is 61.4 Å². The lowest BCUT2D eigenvalue weighted by Crippen LogP contribution is -2.55. The van der Waals surface area contributed by atoms with Gasteiger partial charge in [-0.15, -0.1) is 0 Å². The molecule has 0 bridgehead atoms. The number of hydrogen-bond acceptors (Lipinski definition) is 5. The molecule has 0 spiro atoms. The van der Waals surface area contributed by atoms with Gasteiger partial charge in [0.05, 0.1) is 18.4 Å². The van der Waals surface area contributed by atoms with Gasteiger partial charge in [0.25, 0.3) is 0 Å². The maximum Gasteiger partial charge on any atom is 0.237 e. The van der Waals surface area contributed by atoms with Gasteiger partial charge in [-0.25, -0.2) is 4.98 Å². The van der Waals surface area contributed by atoms with Crippen LogP contribution in [-0.2, 0) is 4.79 Å². The fourth-order valence-corrected chi connectivity index (χ4v) is 3.52. The Bertz CT molecular complexity index is 541. The highest BCUT2D eigenvalue weighted by Gasteiger charge is 2.28. The molecule has 1 atom stereocenters. The van der Waals surface area contributed by atoms with Crippen molar-refractivity contribution < 1.29 is 4.79 Å². The van der Waals surface area contributed by atoms with Gasteiger partial charge in [0.2, 0.25) is 5.91 Å². The predicted octanol–water partition coefficient (Wildman–Crippen LogP) is 1.70. The number of anilines is 1. The van der Waals surface area contributed by atoms with Crippen LogP contribution in [0.1, 0.15) is 32.6 Å². The number of carbonyl (C=O) groups excluding carboxylic acids is 1. The van der Waals surface area contributed by atoms with E-state index in [9.17, 15) is 4.79 Å². The van der Waals surface area contributed by atoms with Crippen LogP contribution in [0.5, 0.6) is 0 Å². The molecule has 7 heteroatoms. The molecule has 1 aromatic rings. The summed E-state index contributed by atoms with van der Waals surface area (Å²) >= 11 is 5.90. The van der Waals surface area contributed by atoms with Crippen molar-refractivity contribution in [1.29, 1.82) is 0 Å². The van der Waals surface area contributed by atoms with Crippen LogP contribution >= 0.6 is 11.6 Å². The standard InChI is InChI=1S/C16H24ClN5O/c1-12(16(23)19-13-4-2-3-5-13)21-6-8-22(9-7-21)15-11-18-10-14(17)20-15/h10-13H,2-9H2,1H3,(H,19,23)/t12-/m0/s1. The lowest BCUT2D eigenvalue weighted by Gasteiger charge is -2.38. The van der Waals surface area contributed by atoms with Crippen LogP contribution in [0.3, 0.4) is 0 Å². The van der Waals surface area contributed by atoms with E-state index in [-0.39, 0.29) is 11.9 Å². The highest BCUT2D eigenvalue weighted by molar-refractivity contribution is 6.29. The average Bonchev–Trinajstić information content (AvgIpc) is 3.07. The summed E-state index contributed by atoms with van der Waals surface area (Å²) in [5.41, 5.74) is 0. The van der Waals surface area contributed by atoms with Gasteiger partial charge in [-0.1, -0.05) is 24.4 Å². The maximum atomic E-state index is 12.4. The minimum absolute atomic E-state index is 0.0804. The molecule has 1 amide bonds. The molecule has 2 aliphatic rings. The molecule has 0 unspecified atom stereocenters. The molecule has 0 radical (unpaired) electrons. The van der Waals surface area contributed by atoms with E-state index in [4.69, 9.17) is 11.6 Å². The van der Waals surface area contributed by atoms with Crippen LogP contribution in [0.4, 0.5) is 5.82 Å². The molecule has 1 aliphatic heterocycles. The number of aromatic nitrogens is 2. The normalized spacial score (nSPS) is 21.4. The van der Waals surface area contributed by atoms with Crippen molar-refractivity contribution in [2.24, 2.45) is 0 Å². The monoisotopic (exact) mass is 337 g/mol. The number of nitrogens with one attached hydrogen (secondary N) is 1. The van der Waals surface area contributed by atoms with Crippen LogP contribution < -0.4 is 10.2 Å². The second kappa shape index (κ2) is 7.45. The lowest BCUT2D eigenvalue weighted by molar-refractivity contribution is -0.126. The van der Waals surface area contributed by atoms with Crippen molar-refractivity contribution in [1.82, 2.24) is 20.2 Å². The molecule has 2 heterocycles. The summed E-state index contributed by atoms with van der Waals surface area (Å²) < 4.78 is 0. The largest absolute Gasteiger partial charge is 0.353 e. The first-order valence-electron chi connectivity index (χ1n) is 8.40. The number of rotatable bonds is 4. The van der Waals surface area contributed by atoms with Gasteiger partial charge in [0.15, 0.2) is 0 Å². The first-order chi connectivity index (χ1) is 11.1. The Kier molecular flexibility index (Phi) is 5.33. The third-order valence-corrected chi connectivity index (χ3v) is 5.04. The molecule has 126 valence electrons. The van der Waals surface area contributed by atoms with Crippen LogP contribution in [0, 0.1) is 0 Å². The van der Waals surface area contributed by atoms with Crippen LogP contribution in [0.2, 0.25) is 5.15 Å². The van der Waals surface area contributed by atoms with Crippen molar-refractivity contribution in [3.05, 3.63) is 17.5 Å². The van der Waals surface area contributed by atoms with Crippen molar-refractivity contribution in [2.75, 3.05) is 31.1 Å². The fraction of sp³-hybridized carbons (Fsp3) is 0.688. The molecular formula is C16H24ClN5O. The quantitative estimate of drug-likeness (QED) is 0.906. The second-order valence-electron chi connectivity index (χ2n) is 6.39. The van der Waals surface area contributed by atoms with Crippen LogP contribution in [0.25, 0.3) is 0 Å². The summed E-state index contributed by atoms with van der Waals surface area (Å²) in [6.45, 7) is 5.34. The molecular weight excluding hydrogens is 314 g/mol.